The van der Waals surface area contributed by atoms with Crippen molar-refractivity contribution >= 4 is 28.1 Å². The van der Waals surface area contributed by atoms with Crippen LogP contribution in [0.1, 0.15) is 25.1 Å². The third kappa shape index (κ3) is 2.29. The maximum Gasteiger partial charge on any atom is 0.315 e. The summed E-state index contributed by atoms with van der Waals surface area (Å²) in [6.07, 6.45) is 0.840. The van der Waals surface area contributed by atoms with E-state index < -0.39 is 11.4 Å². The second kappa shape index (κ2) is 4.80. The van der Waals surface area contributed by atoms with Crippen molar-refractivity contribution in [1.82, 2.24) is 4.98 Å². The molecular formula is C15H15FN2O2S. The molecule has 0 saturated carbocycles. The first-order valence-corrected chi connectivity index (χ1v) is 7.53. The van der Waals surface area contributed by atoms with E-state index in [1.807, 2.05) is 4.90 Å². The number of benzene rings is 1. The number of hydrogen-bond donors (Lipinski definition) is 1. The fourth-order valence-corrected chi connectivity index (χ4v) is 3.37. The zero-order chi connectivity index (χ0) is 15.2. The number of anilines is 2. The fourth-order valence-electron chi connectivity index (χ4n) is 2.34. The Morgan fingerprint density at radius 3 is 2.95 bits per heavy atom. The number of aromatic nitrogens is 1. The van der Waals surface area contributed by atoms with Gasteiger partial charge in [0.2, 0.25) is 0 Å². The summed E-state index contributed by atoms with van der Waals surface area (Å²) in [6, 6.07) is 4.76. The molecule has 3 rings (SSSR count). The van der Waals surface area contributed by atoms with Crippen molar-refractivity contribution in [3.63, 3.8) is 0 Å². The molecule has 1 aliphatic rings. The van der Waals surface area contributed by atoms with Crippen LogP contribution < -0.4 is 4.90 Å². The van der Waals surface area contributed by atoms with Crippen molar-refractivity contribution in [3.05, 3.63) is 40.7 Å². The Morgan fingerprint density at radius 1 is 1.48 bits per heavy atom. The molecule has 4 nitrogen and oxygen atoms in total. The van der Waals surface area contributed by atoms with Gasteiger partial charge in [-0.25, -0.2) is 9.37 Å². The lowest BCUT2D eigenvalue weighted by atomic mass is 9.90. The minimum absolute atomic E-state index is 0.275. The van der Waals surface area contributed by atoms with Gasteiger partial charge in [0.15, 0.2) is 5.13 Å². The third-order valence-electron chi connectivity index (χ3n) is 3.84. The Labute approximate surface area is 125 Å². The first-order chi connectivity index (χ1) is 9.89. The lowest BCUT2D eigenvalue weighted by Gasteiger charge is -2.18. The highest BCUT2D eigenvalue weighted by Crippen LogP contribution is 2.38. The van der Waals surface area contributed by atoms with Crippen LogP contribution in [0.15, 0.2) is 23.6 Å². The summed E-state index contributed by atoms with van der Waals surface area (Å²) in [4.78, 5) is 17.7. The molecule has 110 valence electrons. The molecule has 0 bridgehead atoms. The van der Waals surface area contributed by atoms with Crippen molar-refractivity contribution in [2.75, 3.05) is 11.4 Å². The summed E-state index contributed by atoms with van der Waals surface area (Å²) in [7, 11) is 0. The monoisotopic (exact) mass is 306 g/mol. The van der Waals surface area contributed by atoms with Gasteiger partial charge in [0.05, 0.1) is 5.69 Å². The molecule has 6 heteroatoms. The average molecular weight is 306 g/mol. The first kappa shape index (κ1) is 14.0. The lowest BCUT2D eigenvalue weighted by molar-refractivity contribution is -0.142. The molecule has 0 saturated heterocycles. The van der Waals surface area contributed by atoms with Crippen LogP contribution >= 0.6 is 11.3 Å². The van der Waals surface area contributed by atoms with Gasteiger partial charge < -0.3 is 10.0 Å². The van der Waals surface area contributed by atoms with Crippen molar-refractivity contribution < 1.29 is 14.3 Å². The molecule has 0 spiro atoms. The predicted molar refractivity (Wildman–Crippen MR) is 79.9 cm³/mol. The van der Waals surface area contributed by atoms with E-state index in [9.17, 15) is 14.3 Å². The summed E-state index contributed by atoms with van der Waals surface area (Å²) in [5.41, 5.74) is 1.41. The first-order valence-electron chi connectivity index (χ1n) is 6.65. The molecule has 1 aromatic carbocycles. The van der Waals surface area contributed by atoms with Gasteiger partial charge in [0.1, 0.15) is 11.2 Å². The van der Waals surface area contributed by atoms with Crippen LogP contribution in [-0.2, 0) is 16.6 Å². The number of fused-ring (bicyclic) bond motifs is 1. The summed E-state index contributed by atoms with van der Waals surface area (Å²) in [5, 5.41) is 11.7. The summed E-state index contributed by atoms with van der Waals surface area (Å²) < 4.78 is 13.4. The molecule has 21 heavy (non-hydrogen) atoms. The topological polar surface area (TPSA) is 53.4 Å². The molecule has 0 unspecified atom stereocenters. The molecule has 1 N–H and O–H groups in total. The zero-order valence-corrected chi connectivity index (χ0v) is 12.6. The lowest BCUT2D eigenvalue weighted by Crippen LogP contribution is -2.29. The van der Waals surface area contributed by atoms with Gasteiger partial charge in [0, 0.05) is 17.6 Å². The number of carboxylic acids is 1. The maximum absolute atomic E-state index is 13.4. The van der Waals surface area contributed by atoms with E-state index in [4.69, 9.17) is 0 Å². The molecule has 0 radical (unpaired) electrons. The standard InChI is InChI=1S/C15H15FN2O2S/c1-15(2,13(19)20)12-8-21-14(17-12)18-6-5-9-3-4-10(16)7-11(9)18/h3-4,7-8H,5-6H2,1-2H3,(H,19,20). The largest absolute Gasteiger partial charge is 0.481 e. The van der Waals surface area contributed by atoms with Crippen LogP contribution in [0.4, 0.5) is 15.2 Å². The van der Waals surface area contributed by atoms with Crippen LogP contribution in [-0.4, -0.2) is 22.6 Å². The van der Waals surface area contributed by atoms with E-state index in [2.05, 4.69) is 4.98 Å². The van der Waals surface area contributed by atoms with E-state index >= 15 is 0 Å². The molecule has 1 aromatic heterocycles. The molecule has 0 atom stereocenters. The van der Waals surface area contributed by atoms with Crippen LogP contribution in [0, 0.1) is 5.82 Å². The number of aliphatic carboxylic acids is 1. The normalized spacial score (nSPS) is 14.3. The number of thiazole rings is 1. The van der Waals surface area contributed by atoms with Crippen molar-refractivity contribution in [1.29, 1.82) is 0 Å². The van der Waals surface area contributed by atoms with E-state index in [-0.39, 0.29) is 5.82 Å². The van der Waals surface area contributed by atoms with E-state index in [0.717, 1.165) is 24.2 Å². The maximum atomic E-state index is 13.4. The van der Waals surface area contributed by atoms with Crippen molar-refractivity contribution in [2.45, 2.75) is 25.7 Å². The summed E-state index contributed by atoms with van der Waals surface area (Å²) in [6.45, 7) is 4.00. The number of rotatable bonds is 3. The van der Waals surface area contributed by atoms with Crippen LogP contribution in [0.25, 0.3) is 0 Å². The Hall–Kier alpha value is -1.95. The number of nitrogens with zero attached hydrogens (tertiary/aromatic N) is 2. The highest BCUT2D eigenvalue weighted by molar-refractivity contribution is 7.13. The molecule has 0 fully saturated rings. The van der Waals surface area contributed by atoms with Gasteiger partial charge in [-0.1, -0.05) is 6.07 Å². The average Bonchev–Trinajstić information content (AvgIpc) is 3.03. The van der Waals surface area contributed by atoms with Gasteiger partial charge in [-0.15, -0.1) is 11.3 Å². The molecule has 0 amide bonds. The summed E-state index contributed by atoms with van der Waals surface area (Å²) >= 11 is 1.39. The highest BCUT2D eigenvalue weighted by Gasteiger charge is 2.33. The zero-order valence-electron chi connectivity index (χ0n) is 11.8. The van der Waals surface area contributed by atoms with Crippen LogP contribution in [0.3, 0.4) is 0 Å². The Bertz CT molecular complexity index is 711. The molecule has 2 aromatic rings. The van der Waals surface area contributed by atoms with Gasteiger partial charge in [-0.05, 0) is 38.0 Å². The minimum Gasteiger partial charge on any atom is -0.481 e. The quantitative estimate of drug-likeness (QED) is 0.945. The molecule has 2 heterocycles. The molecule has 1 aliphatic heterocycles. The van der Waals surface area contributed by atoms with E-state index in [1.54, 1.807) is 25.3 Å². The SMILES string of the molecule is CC(C)(C(=O)O)c1csc(N2CCc3ccc(F)cc32)n1. The van der Waals surface area contributed by atoms with Crippen molar-refractivity contribution in [3.8, 4) is 0 Å². The minimum atomic E-state index is -1.03. The van der Waals surface area contributed by atoms with Crippen LogP contribution in [0.5, 0.6) is 0 Å². The number of hydrogen-bond acceptors (Lipinski definition) is 4. The van der Waals surface area contributed by atoms with Gasteiger partial charge in [-0.3, -0.25) is 4.79 Å². The number of carbonyl (C=O) groups is 1. The molecule has 0 aliphatic carbocycles. The predicted octanol–water partition coefficient (Wildman–Crippen LogP) is 3.34. The summed E-state index contributed by atoms with van der Waals surface area (Å²) in [5.74, 6) is -1.18. The second-order valence-electron chi connectivity index (χ2n) is 5.62. The number of halogens is 1. The third-order valence-corrected chi connectivity index (χ3v) is 4.70. The molecular weight excluding hydrogens is 291 g/mol. The van der Waals surface area contributed by atoms with Gasteiger partial charge in [-0.2, -0.15) is 0 Å². The van der Waals surface area contributed by atoms with Crippen LogP contribution in [0.2, 0.25) is 0 Å². The highest BCUT2D eigenvalue weighted by atomic mass is 32.1. The Balaban J connectivity index is 1.96. The Kier molecular flexibility index (Phi) is 3.20. The number of carboxylic acid groups (broad SMARTS) is 1. The second-order valence-corrected chi connectivity index (χ2v) is 6.46. The van der Waals surface area contributed by atoms with E-state index in [0.29, 0.717) is 10.8 Å². The van der Waals surface area contributed by atoms with Crippen molar-refractivity contribution in [2.24, 2.45) is 0 Å². The Morgan fingerprint density at radius 2 is 2.24 bits per heavy atom. The van der Waals surface area contributed by atoms with E-state index in [1.165, 1.54) is 23.5 Å². The fraction of sp³-hybridized carbons (Fsp3) is 0.333. The smallest absolute Gasteiger partial charge is 0.315 e. The van der Waals surface area contributed by atoms with Gasteiger partial charge >= 0.3 is 5.97 Å². The van der Waals surface area contributed by atoms with Gasteiger partial charge in [0.25, 0.3) is 0 Å².